The summed E-state index contributed by atoms with van der Waals surface area (Å²) in [7, 11) is 0. The fraction of sp³-hybridized carbons (Fsp3) is 0.846. The third-order valence-corrected chi connectivity index (χ3v) is 2.68. The van der Waals surface area contributed by atoms with Crippen LogP contribution in [0.15, 0.2) is 4.99 Å². The highest BCUT2D eigenvalue weighted by molar-refractivity contribution is 14.0. The molecule has 6 nitrogen and oxygen atoms in total. The molecule has 118 valence electrons. The number of hydrogen-bond donors (Lipinski definition) is 2. The molecule has 0 aliphatic carbocycles. The van der Waals surface area contributed by atoms with E-state index in [4.69, 9.17) is 10.5 Å². The van der Waals surface area contributed by atoms with E-state index in [2.05, 4.69) is 17.2 Å². The van der Waals surface area contributed by atoms with Crippen LogP contribution in [0.1, 0.15) is 40.5 Å². The molecular weight excluding hydrogens is 371 g/mol. The first kappa shape index (κ1) is 19.3. The summed E-state index contributed by atoms with van der Waals surface area (Å²) < 4.78 is 5.27. The molecule has 7 heteroatoms. The highest BCUT2D eigenvalue weighted by atomic mass is 127. The minimum atomic E-state index is -0.448. The van der Waals surface area contributed by atoms with Crippen LogP contribution in [0.4, 0.5) is 4.79 Å². The number of carbonyl (C=O) groups is 1. The molecule has 0 bridgehead atoms. The highest BCUT2D eigenvalue weighted by Gasteiger charge is 2.33. The number of nitrogens with zero attached hydrogens (tertiary/aromatic N) is 2. The smallest absolute Gasteiger partial charge is 0.410 e. The lowest BCUT2D eigenvalue weighted by atomic mass is 10.1. The van der Waals surface area contributed by atoms with E-state index < -0.39 is 5.60 Å². The maximum absolute atomic E-state index is 11.7. The van der Waals surface area contributed by atoms with Gasteiger partial charge in [0.05, 0.1) is 6.04 Å². The fourth-order valence-corrected chi connectivity index (χ4v) is 1.66. The summed E-state index contributed by atoms with van der Waals surface area (Å²) in [6.07, 6.45) is 1.87. The second kappa shape index (κ2) is 8.53. The Hall–Kier alpha value is -0.730. The molecule has 0 saturated carbocycles. The molecule has 1 aliphatic heterocycles. The predicted molar refractivity (Wildman–Crippen MR) is 91.5 cm³/mol. The molecule has 0 aromatic rings. The van der Waals surface area contributed by atoms with Gasteiger partial charge in [-0.2, -0.15) is 0 Å². The zero-order valence-corrected chi connectivity index (χ0v) is 15.1. The average Bonchev–Trinajstić information content (AvgIpc) is 2.20. The summed E-state index contributed by atoms with van der Waals surface area (Å²) >= 11 is 0. The van der Waals surface area contributed by atoms with Gasteiger partial charge >= 0.3 is 6.09 Å². The maximum Gasteiger partial charge on any atom is 0.410 e. The first-order valence-electron chi connectivity index (χ1n) is 6.86. The third-order valence-electron chi connectivity index (χ3n) is 2.68. The number of nitrogens with two attached hydrogens (primary N) is 1. The second-order valence-corrected chi connectivity index (χ2v) is 5.85. The molecule has 0 aromatic heterocycles. The van der Waals surface area contributed by atoms with Crippen LogP contribution in [-0.2, 0) is 4.74 Å². The minimum Gasteiger partial charge on any atom is -0.444 e. The van der Waals surface area contributed by atoms with Gasteiger partial charge in [-0.1, -0.05) is 13.3 Å². The molecule has 1 heterocycles. The minimum absolute atomic E-state index is 0. The molecule has 0 spiro atoms. The monoisotopic (exact) mass is 398 g/mol. The van der Waals surface area contributed by atoms with Crippen molar-refractivity contribution in [2.45, 2.75) is 52.2 Å². The molecule has 0 unspecified atom stereocenters. The summed E-state index contributed by atoms with van der Waals surface area (Å²) in [5.74, 6) is 0.460. The SMILES string of the molecule is CCCCN=C(N)NC1CN(C(=O)OC(C)(C)C)C1.I. The number of hydrogen-bond acceptors (Lipinski definition) is 3. The number of nitrogens with one attached hydrogen (secondary N) is 1. The van der Waals surface area contributed by atoms with Crippen molar-refractivity contribution in [2.75, 3.05) is 19.6 Å². The molecule has 1 saturated heterocycles. The standard InChI is InChI=1S/C13H26N4O2.HI/c1-5-6-7-15-11(14)16-10-8-17(9-10)12(18)19-13(2,3)4;/h10H,5-9H2,1-4H3,(H3,14,15,16);1H. The van der Waals surface area contributed by atoms with Crippen molar-refractivity contribution in [3.05, 3.63) is 0 Å². The van der Waals surface area contributed by atoms with E-state index in [9.17, 15) is 4.79 Å². The second-order valence-electron chi connectivity index (χ2n) is 5.85. The zero-order chi connectivity index (χ0) is 14.5. The van der Waals surface area contributed by atoms with Gasteiger partial charge < -0.3 is 20.7 Å². The van der Waals surface area contributed by atoms with E-state index >= 15 is 0 Å². The summed E-state index contributed by atoms with van der Waals surface area (Å²) in [5, 5.41) is 3.10. The van der Waals surface area contributed by atoms with Crippen LogP contribution in [0, 0.1) is 0 Å². The van der Waals surface area contributed by atoms with Gasteiger partial charge in [-0.25, -0.2) is 4.79 Å². The molecule has 20 heavy (non-hydrogen) atoms. The molecule has 1 fully saturated rings. The van der Waals surface area contributed by atoms with E-state index in [0.717, 1.165) is 19.4 Å². The summed E-state index contributed by atoms with van der Waals surface area (Å²) in [6.45, 7) is 9.66. The van der Waals surface area contributed by atoms with E-state index in [-0.39, 0.29) is 36.1 Å². The van der Waals surface area contributed by atoms with Crippen LogP contribution in [-0.4, -0.2) is 48.2 Å². The molecule has 1 amide bonds. The van der Waals surface area contributed by atoms with Crippen molar-refractivity contribution in [1.29, 1.82) is 0 Å². The Morgan fingerprint density at radius 1 is 1.45 bits per heavy atom. The Bertz CT molecular complexity index is 336. The lowest BCUT2D eigenvalue weighted by Gasteiger charge is -2.40. The number of rotatable bonds is 4. The zero-order valence-electron chi connectivity index (χ0n) is 12.8. The Labute approximate surface area is 138 Å². The number of aliphatic imine (C=N–C) groups is 1. The van der Waals surface area contributed by atoms with Crippen molar-refractivity contribution in [1.82, 2.24) is 10.2 Å². The van der Waals surface area contributed by atoms with Gasteiger partial charge in [-0.3, -0.25) is 4.99 Å². The van der Waals surface area contributed by atoms with Gasteiger partial charge in [0.25, 0.3) is 0 Å². The molecule has 0 aromatic carbocycles. The summed E-state index contributed by atoms with van der Waals surface area (Å²) in [5.41, 5.74) is 5.30. The lowest BCUT2D eigenvalue weighted by molar-refractivity contribution is 0.00706. The molecule has 3 N–H and O–H groups in total. The first-order valence-corrected chi connectivity index (χ1v) is 6.86. The Balaban J connectivity index is 0.00000361. The third kappa shape index (κ3) is 7.16. The van der Waals surface area contributed by atoms with E-state index in [1.165, 1.54) is 0 Å². The van der Waals surface area contributed by atoms with Gasteiger partial charge in [0.2, 0.25) is 0 Å². The summed E-state index contributed by atoms with van der Waals surface area (Å²) in [4.78, 5) is 17.6. The predicted octanol–water partition coefficient (Wildman–Crippen LogP) is 1.93. The van der Waals surface area contributed by atoms with Crippen molar-refractivity contribution >= 4 is 36.0 Å². The van der Waals surface area contributed by atoms with Gasteiger partial charge in [0.1, 0.15) is 5.60 Å². The number of amides is 1. The summed E-state index contributed by atoms with van der Waals surface area (Å²) in [6, 6.07) is 0.179. The van der Waals surface area contributed by atoms with Crippen LogP contribution in [0.25, 0.3) is 0 Å². The first-order chi connectivity index (χ1) is 8.81. The normalized spacial score (nSPS) is 16.2. The van der Waals surface area contributed by atoms with Crippen LogP contribution in [0.3, 0.4) is 0 Å². The molecule has 0 atom stereocenters. The van der Waals surface area contributed by atoms with Crippen LogP contribution >= 0.6 is 24.0 Å². The van der Waals surface area contributed by atoms with E-state index in [1.54, 1.807) is 4.90 Å². The Morgan fingerprint density at radius 2 is 2.05 bits per heavy atom. The Kier molecular flexibility index (Phi) is 8.22. The highest BCUT2D eigenvalue weighted by Crippen LogP contribution is 2.14. The van der Waals surface area contributed by atoms with E-state index in [0.29, 0.717) is 19.0 Å². The topological polar surface area (TPSA) is 80.0 Å². The van der Waals surface area contributed by atoms with E-state index in [1.807, 2.05) is 20.8 Å². The van der Waals surface area contributed by atoms with Crippen LogP contribution < -0.4 is 11.1 Å². The van der Waals surface area contributed by atoms with Gasteiger partial charge in [-0.05, 0) is 27.2 Å². The number of unbranched alkanes of at least 4 members (excludes halogenated alkanes) is 1. The number of carbonyl (C=O) groups excluding carboxylic acids is 1. The van der Waals surface area contributed by atoms with Crippen LogP contribution in [0.2, 0.25) is 0 Å². The molecule has 1 rings (SSSR count). The quantitative estimate of drug-likeness (QED) is 0.328. The van der Waals surface area contributed by atoms with Crippen molar-refractivity contribution < 1.29 is 9.53 Å². The Morgan fingerprint density at radius 3 is 2.55 bits per heavy atom. The number of halogens is 1. The maximum atomic E-state index is 11.7. The molecular formula is C13H27IN4O2. The number of likely N-dealkylation sites (tertiary alicyclic amines) is 1. The number of ether oxygens (including phenoxy) is 1. The van der Waals surface area contributed by atoms with Crippen molar-refractivity contribution in [2.24, 2.45) is 10.7 Å². The van der Waals surface area contributed by atoms with Crippen molar-refractivity contribution in [3.8, 4) is 0 Å². The fourth-order valence-electron chi connectivity index (χ4n) is 1.66. The van der Waals surface area contributed by atoms with Gasteiger partial charge in [0, 0.05) is 19.6 Å². The van der Waals surface area contributed by atoms with Crippen LogP contribution in [0.5, 0.6) is 0 Å². The lowest BCUT2D eigenvalue weighted by Crippen LogP contribution is -2.62. The number of guanidine groups is 1. The molecule has 0 radical (unpaired) electrons. The molecule has 1 aliphatic rings. The van der Waals surface area contributed by atoms with Gasteiger partial charge in [0.15, 0.2) is 5.96 Å². The van der Waals surface area contributed by atoms with Crippen molar-refractivity contribution in [3.63, 3.8) is 0 Å². The largest absolute Gasteiger partial charge is 0.444 e. The average molecular weight is 398 g/mol. The van der Waals surface area contributed by atoms with Gasteiger partial charge in [-0.15, -0.1) is 24.0 Å².